The summed E-state index contributed by atoms with van der Waals surface area (Å²) in [5, 5.41) is 2.28. The van der Waals surface area contributed by atoms with E-state index in [1.807, 2.05) is 6.20 Å². The zero-order chi connectivity index (χ0) is 16.8. The minimum Gasteiger partial charge on any atom is -0.310 e. The van der Waals surface area contributed by atoms with Gasteiger partial charge in [-0.1, -0.05) is 91.4 Å². The van der Waals surface area contributed by atoms with Gasteiger partial charge in [0.15, 0.2) is 0 Å². The van der Waals surface area contributed by atoms with E-state index in [1.54, 1.807) is 0 Å². The number of hydrogen-bond acceptors (Lipinski definition) is 3. The van der Waals surface area contributed by atoms with Crippen LogP contribution in [0.3, 0.4) is 0 Å². The molecule has 0 aliphatic carbocycles. The van der Waals surface area contributed by atoms with Crippen molar-refractivity contribution in [3.8, 4) is 0 Å². The fourth-order valence-electron chi connectivity index (χ4n) is 3.72. The lowest BCUT2D eigenvalue weighted by Crippen LogP contribution is -2.52. The van der Waals surface area contributed by atoms with Crippen LogP contribution < -0.4 is 11.0 Å². The maximum absolute atomic E-state index is 3.26. The molecule has 2 N–H and O–H groups in total. The van der Waals surface area contributed by atoms with E-state index >= 15 is 0 Å². The lowest BCUT2D eigenvalue weighted by Gasteiger charge is -2.40. The van der Waals surface area contributed by atoms with Crippen molar-refractivity contribution in [1.29, 1.82) is 0 Å². The van der Waals surface area contributed by atoms with E-state index in [1.165, 1.54) is 89.9 Å². The molecule has 0 aromatic heterocycles. The summed E-state index contributed by atoms with van der Waals surface area (Å²) in [5.74, 6) is 0. The van der Waals surface area contributed by atoms with E-state index in [4.69, 9.17) is 0 Å². The van der Waals surface area contributed by atoms with Crippen LogP contribution in [0.2, 0.25) is 0 Å². The molecule has 23 heavy (non-hydrogen) atoms. The minimum absolute atomic E-state index is 0.277. The zero-order valence-electron chi connectivity index (χ0n) is 16.0. The van der Waals surface area contributed by atoms with E-state index < -0.39 is 0 Å². The number of nitrogens with one attached hydrogen (secondary N) is 2. The molecule has 0 atom stereocenters. The Balaban J connectivity index is 2.03. The van der Waals surface area contributed by atoms with Gasteiger partial charge in [-0.3, -0.25) is 5.01 Å². The predicted octanol–water partition coefficient (Wildman–Crippen LogP) is 6.04. The molecular formula is C20H41N3. The Bertz CT molecular complexity index is 297. The molecule has 0 aromatic carbocycles. The van der Waals surface area contributed by atoms with Gasteiger partial charge in [-0.05, 0) is 19.3 Å². The summed E-state index contributed by atoms with van der Waals surface area (Å²) in [6, 6.07) is 0. The van der Waals surface area contributed by atoms with Crippen molar-refractivity contribution < 1.29 is 0 Å². The lowest BCUT2D eigenvalue weighted by atomic mass is 9.86. The Morgan fingerprint density at radius 2 is 1.26 bits per heavy atom. The third kappa shape index (κ3) is 7.60. The Hall–Kier alpha value is -0.700. The van der Waals surface area contributed by atoms with Crippen LogP contribution in [0.15, 0.2) is 12.4 Å². The zero-order valence-corrected chi connectivity index (χ0v) is 16.0. The molecule has 1 aliphatic rings. The highest BCUT2D eigenvalue weighted by Crippen LogP contribution is 2.30. The molecule has 0 saturated heterocycles. The number of unbranched alkanes of at least 4 members (excludes halogenated alkanes) is 10. The highest BCUT2D eigenvalue weighted by Gasteiger charge is 2.32. The number of hydrazine groups is 2. The van der Waals surface area contributed by atoms with Crippen LogP contribution in [0.25, 0.3) is 0 Å². The summed E-state index contributed by atoms with van der Waals surface area (Å²) in [6.07, 6.45) is 23.4. The lowest BCUT2D eigenvalue weighted by molar-refractivity contribution is 0.0681. The highest BCUT2D eigenvalue weighted by atomic mass is 15.7. The monoisotopic (exact) mass is 323 g/mol. The SMILES string of the molecule is CCCCCCCCCCCCCC(CC)(CC)N1C=CNN1. The average Bonchev–Trinajstić information content (AvgIpc) is 3.12. The number of nitrogens with zero attached hydrogens (tertiary/aromatic N) is 1. The number of hydrogen-bond donors (Lipinski definition) is 2. The Kier molecular flexibility index (Phi) is 11.2. The summed E-state index contributed by atoms with van der Waals surface area (Å²) in [7, 11) is 0. The molecule has 3 nitrogen and oxygen atoms in total. The standard InChI is InChI=1S/C20H41N3/c1-4-7-8-9-10-11-12-13-14-15-16-17-20(5-2,6-3)23-19-18-21-22-23/h18-19,21-22H,4-17H2,1-3H3. The number of rotatable bonds is 15. The van der Waals surface area contributed by atoms with E-state index in [9.17, 15) is 0 Å². The van der Waals surface area contributed by atoms with Gasteiger partial charge in [-0.15, -0.1) is 5.53 Å². The molecule has 0 radical (unpaired) electrons. The molecule has 1 rings (SSSR count). The molecule has 0 spiro atoms. The van der Waals surface area contributed by atoms with E-state index in [2.05, 4.69) is 42.9 Å². The third-order valence-electron chi connectivity index (χ3n) is 5.56. The largest absolute Gasteiger partial charge is 0.310 e. The van der Waals surface area contributed by atoms with Crippen LogP contribution in [-0.2, 0) is 0 Å². The molecule has 0 aromatic rings. The summed E-state index contributed by atoms with van der Waals surface area (Å²) < 4.78 is 0. The first kappa shape index (κ1) is 20.3. The molecule has 0 saturated carbocycles. The van der Waals surface area contributed by atoms with Gasteiger partial charge in [0, 0.05) is 12.4 Å². The summed E-state index contributed by atoms with van der Waals surface area (Å²) in [4.78, 5) is 0. The van der Waals surface area contributed by atoms with Crippen molar-refractivity contribution in [2.24, 2.45) is 0 Å². The van der Waals surface area contributed by atoms with Crippen LogP contribution in [0.5, 0.6) is 0 Å². The maximum atomic E-state index is 3.26. The third-order valence-corrected chi connectivity index (χ3v) is 5.56. The van der Waals surface area contributed by atoms with Crippen LogP contribution in [0.4, 0.5) is 0 Å². The smallest absolute Gasteiger partial charge is 0.0569 e. The van der Waals surface area contributed by atoms with Gasteiger partial charge >= 0.3 is 0 Å². The van der Waals surface area contributed by atoms with Gasteiger partial charge in [-0.2, -0.15) is 0 Å². The van der Waals surface area contributed by atoms with Gasteiger partial charge in [0.1, 0.15) is 0 Å². The van der Waals surface area contributed by atoms with Gasteiger partial charge < -0.3 is 5.43 Å². The molecule has 1 aliphatic heterocycles. The maximum Gasteiger partial charge on any atom is 0.0569 e. The van der Waals surface area contributed by atoms with Crippen molar-refractivity contribution in [2.45, 2.75) is 116 Å². The van der Waals surface area contributed by atoms with Gasteiger partial charge in [0.05, 0.1) is 5.54 Å². The Labute approximate surface area is 145 Å². The molecule has 3 heteroatoms. The topological polar surface area (TPSA) is 27.3 Å². The van der Waals surface area contributed by atoms with Crippen molar-refractivity contribution >= 4 is 0 Å². The van der Waals surface area contributed by atoms with Crippen molar-refractivity contribution in [3.05, 3.63) is 12.4 Å². The van der Waals surface area contributed by atoms with Crippen LogP contribution in [0.1, 0.15) is 111 Å². The summed E-state index contributed by atoms with van der Waals surface area (Å²) in [6.45, 7) is 6.92. The molecular weight excluding hydrogens is 282 g/mol. The quantitative estimate of drug-likeness (QED) is 0.360. The average molecular weight is 324 g/mol. The second kappa shape index (κ2) is 12.7. The van der Waals surface area contributed by atoms with Crippen molar-refractivity contribution in [2.75, 3.05) is 0 Å². The van der Waals surface area contributed by atoms with Gasteiger partial charge in [0.2, 0.25) is 0 Å². The summed E-state index contributed by atoms with van der Waals surface area (Å²) in [5.41, 5.74) is 6.62. The van der Waals surface area contributed by atoms with Crippen molar-refractivity contribution in [3.63, 3.8) is 0 Å². The highest BCUT2D eigenvalue weighted by molar-refractivity contribution is 4.96. The summed E-state index contributed by atoms with van der Waals surface area (Å²) >= 11 is 0. The van der Waals surface area contributed by atoms with E-state index in [0.717, 1.165) is 0 Å². The molecule has 136 valence electrons. The first-order valence-electron chi connectivity index (χ1n) is 10.3. The first-order chi connectivity index (χ1) is 11.3. The molecule has 1 heterocycles. The van der Waals surface area contributed by atoms with Gasteiger partial charge in [-0.25, -0.2) is 0 Å². The fourth-order valence-corrected chi connectivity index (χ4v) is 3.72. The molecule has 0 fully saturated rings. The second-order valence-corrected chi connectivity index (χ2v) is 7.16. The first-order valence-corrected chi connectivity index (χ1v) is 10.3. The van der Waals surface area contributed by atoms with Crippen molar-refractivity contribution in [1.82, 2.24) is 16.0 Å². The van der Waals surface area contributed by atoms with E-state index in [-0.39, 0.29) is 5.54 Å². The minimum atomic E-state index is 0.277. The van der Waals surface area contributed by atoms with Gasteiger partial charge in [0.25, 0.3) is 0 Å². The predicted molar refractivity (Wildman–Crippen MR) is 102 cm³/mol. The van der Waals surface area contributed by atoms with Crippen LogP contribution >= 0.6 is 0 Å². The van der Waals surface area contributed by atoms with E-state index in [0.29, 0.717) is 0 Å². The Morgan fingerprint density at radius 3 is 1.70 bits per heavy atom. The normalized spacial score (nSPS) is 14.5. The molecule has 0 bridgehead atoms. The second-order valence-electron chi connectivity index (χ2n) is 7.16. The fraction of sp³-hybridized carbons (Fsp3) is 0.900. The molecule has 0 unspecified atom stereocenters. The molecule has 0 amide bonds. The Morgan fingerprint density at radius 1 is 0.739 bits per heavy atom. The van der Waals surface area contributed by atoms with Crippen LogP contribution in [-0.4, -0.2) is 10.5 Å². The van der Waals surface area contributed by atoms with Crippen LogP contribution in [0, 0.1) is 0 Å².